The topological polar surface area (TPSA) is 55.5 Å². The Bertz CT molecular complexity index is 212. The van der Waals surface area contributed by atoms with E-state index in [2.05, 4.69) is 13.8 Å². The molecular formula is C12H28BNO2. The van der Waals surface area contributed by atoms with Crippen molar-refractivity contribution in [3.63, 3.8) is 0 Å². The van der Waals surface area contributed by atoms with E-state index in [4.69, 9.17) is 10.4 Å². The van der Waals surface area contributed by atoms with Crippen LogP contribution in [0.25, 0.3) is 0 Å². The normalized spacial score (nSPS) is 15.4. The van der Waals surface area contributed by atoms with Crippen LogP contribution in [0.4, 0.5) is 0 Å². The highest BCUT2D eigenvalue weighted by Gasteiger charge is 2.39. The van der Waals surface area contributed by atoms with Gasteiger partial charge in [-0.2, -0.15) is 0 Å². The summed E-state index contributed by atoms with van der Waals surface area (Å²) in [5.41, 5.74) is 4.59. The van der Waals surface area contributed by atoms with E-state index in [-0.39, 0.29) is 12.9 Å². The van der Waals surface area contributed by atoms with Crippen molar-refractivity contribution in [1.29, 1.82) is 0 Å². The van der Waals surface area contributed by atoms with Crippen LogP contribution in [0, 0.1) is 5.92 Å². The SMILES string of the molecule is CB(OC(C)(C)C(C)(C)O)[C@@H](N)CC(C)C. The lowest BCUT2D eigenvalue weighted by molar-refractivity contribution is -0.0938. The molecule has 0 saturated carbocycles. The molecule has 96 valence electrons. The van der Waals surface area contributed by atoms with Crippen molar-refractivity contribution in [1.82, 2.24) is 0 Å². The third kappa shape index (κ3) is 4.85. The maximum absolute atomic E-state index is 9.99. The lowest BCUT2D eigenvalue weighted by Crippen LogP contribution is -2.53. The molecule has 16 heavy (non-hydrogen) atoms. The van der Waals surface area contributed by atoms with E-state index in [1.54, 1.807) is 13.8 Å². The summed E-state index contributed by atoms with van der Waals surface area (Å²) in [5.74, 6) is 0.577. The van der Waals surface area contributed by atoms with Crippen molar-refractivity contribution < 1.29 is 9.76 Å². The molecule has 0 aromatic heterocycles. The minimum Gasteiger partial charge on any atom is -0.427 e. The molecule has 0 bridgehead atoms. The Morgan fingerprint density at radius 1 is 1.25 bits per heavy atom. The van der Waals surface area contributed by atoms with E-state index < -0.39 is 11.2 Å². The van der Waals surface area contributed by atoms with Crippen LogP contribution in [-0.4, -0.2) is 29.2 Å². The molecule has 0 aromatic carbocycles. The monoisotopic (exact) mass is 229 g/mol. The Morgan fingerprint density at radius 3 is 2.00 bits per heavy atom. The molecule has 0 aliphatic carbocycles. The number of hydrogen-bond acceptors (Lipinski definition) is 3. The van der Waals surface area contributed by atoms with Gasteiger partial charge in [-0.05, 0) is 40.0 Å². The van der Waals surface area contributed by atoms with Crippen LogP contribution in [0.5, 0.6) is 0 Å². The first-order chi connectivity index (χ1) is 6.97. The van der Waals surface area contributed by atoms with Gasteiger partial charge in [0, 0.05) is 5.94 Å². The number of rotatable bonds is 6. The third-order valence-corrected chi connectivity index (χ3v) is 3.30. The quantitative estimate of drug-likeness (QED) is 0.685. The minimum absolute atomic E-state index is 0.0154. The van der Waals surface area contributed by atoms with Gasteiger partial charge in [-0.1, -0.05) is 20.7 Å². The van der Waals surface area contributed by atoms with Gasteiger partial charge in [0.05, 0.1) is 11.2 Å². The van der Waals surface area contributed by atoms with Gasteiger partial charge < -0.3 is 15.5 Å². The Morgan fingerprint density at radius 2 is 1.69 bits per heavy atom. The van der Waals surface area contributed by atoms with Crippen molar-refractivity contribution in [2.24, 2.45) is 11.7 Å². The van der Waals surface area contributed by atoms with Crippen LogP contribution in [0.1, 0.15) is 48.0 Å². The summed E-state index contributed by atoms with van der Waals surface area (Å²) < 4.78 is 5.89. The highest BCUT2D eigenvalue weighted by atomic mass is 16.5. The molecule has 0 fully saturated rings. The summed E-state index contributed by atoms with van der Waals surface area (Å²) in [6, 6.07) is 0. The maximum atomic E-state index is 9.99. The highest BCUT2D eigenvalue weighted by molar-refractivity contribution is 6.52. The standard InChI is InChI=1S/C12H28BNO2/c1-9(2)8-10(14)13(7)16-12(5,6)11(3,4)15/h9-10,15H,8,14H2,1-7H3/t10-/m0/s1. The van der Waals surface area contributed by atoms with Crippen molar-refractivity contribution in [3.8, 4) is 0 Å². The van der Waals surface area contributed by atoms with Crippen LogP contribution in [0.2, 0.25) is 6.82 Å². The van der Waals surface area contributed by atoms with Gasteiger partial charge in [0.2, 0.25) is 0 Å². The Kier molecular flexibility index (Phi) is 5.50. The zero-order valence-corrected chi connectivity index (χ0v) is 11.9. The summed E-state index contributed by atoms with van der Waals surface area (Å²) in [5, 5.41) is 9.99. The molecule has 0 unspecified atom stereocenters. The summed E-state index contributed by atoms with van der Waals surface area (Å²) in [6.45, 7) is 13.5. The summed E-state index contributed by atoms with van der Waals surface area (Å²) in [6.07, 6.45) is 0.934. The van der Waals surface area contributed by atoms with Crippen LogP contribution >= 0.6 is 0 Å². The molecule has 4 heteroatoms. The van der Waals surface area contributed by atoms with Gasteiger partial charge in [-0.15, -0.1) is 0 Å². The number of nitrogens with two attached hydrogens (primary N) is 1. The second kappa shape index (κ2) is 5.52. The van der Waals surface area contributed by atoms with E-state index in [1.807, 2.05) is 20.7 Å². The molecule has 0 spiro atoms. The molecule has 0 aromatic rings. The summed E-state index contributed by atoms with van der Waals surface area (Å²) >= 11 is 0. The maximum Gasteiger partial charge on any atom is 0.307 e. The molecule has 0 rings (SSSR count). The summed E-state index contributed by atoms with van der Waals surface area (Å²) in [7, 11) is 0. The van der Waals surface area contributed by atoms with E-state index in [1.165, 1.54) is 0 Å². The molecular weight excluding hydrogens is 201 g/mol. The van der Waals surface area contributed by atoms with Gasteiger partial charge in [-0.3, -0.25) is 0 Å². The molecule has 3 N–H and O–H groups in total. The van der Waals surface area contributed by atoms with Crippen molar-refractivity contribution in [2.45, 2.75) is 71.9 Å². The summed E-state index contributed by atoms with van der Waals surface area (Å²) in [4.78, 5) is 0. The zero-order chi connectivity index (χ0) is 13.1. The van der Waals surface area contributed by atoms with E-state index in [0.29, 0.717) is 5.92 Å². The molecule has 0 radical (unpaired) electrons. The smallest absolute Gasteiger partial charge is 0.307 e. The minimum atomic E-state index is -0.876. The predicted molar refractivity (Wildman–Crippen MR) is 70.5 cm³/mol. The lowest BCUT2D eigenvalue weighted by Gasteiger charge is -2.40. The fraction of sp³-hybridized carbons (Fsp3) is 1.00. The van der Waals surface area contributed by atoms with Gasteiger partial charge in [0.1, 0.15) is 0 Å². The van der Waals surface area contributed by atoms with Crippen LogP contribution in [0.15, 0.2) is 0 Å². The lowest BCUT2D eigenvalue weighted by atomic mass is 9.60. The molecule has 0 amide bonds. The molecule has 0 aliphatic heterocycles. The van der Waals surface area contributed by atoms with E-state index in [0.717, 1.165) is 6.42 Å². The molecule has 0 heterocycles. The fourth-order valence-corrected chi connectivity index (χ4v) is 1.43. The van der Waals surface area contributed by atoms with Crippen molar-refractivity contribution in [3.05, 3.63) is 0 Å². The van der Waals surface area contributed by atoms with Crippen LogP contribution < -0.4 is 5.73 Å². The van der Waals surface area contributed by atoms with Gasteiger partial charge in [0.25, 0.3) is 0 Å². The predicted octanol–water partition coefficient (Wildman–Crippen LogP) is 2.09. The van der Waals surface area contributed by atoms with E-state index >= 15 is 0 Å². The average molecular weight is 229 g/mol. The second-order valence-corrected chi connectivity index (χ2v) is 6.19. The van der Waals surface area contributed by atoms with E-state index in [9.17, 15) is 5.11 Å². The molecule has 3 nitrogen and oxygen atoms in total. The van der Waals surface area contributed by atoms with Crippen molar-refractivity contribution >= 4 is 6.92 Å². The van der Waals surface area contributed by atoms with Gasteiger partial charge in [0.15, 0.2) is 0 Å². The largest absolute Gasteiger partial charge is 0.427 e. The fourth-order valence-electron chi connectivity index (χ4n) is 1.43. The second-order valence-electron chi connectivity index (χ2n) is 6.19. The van der Waals surface area contributed by atoms with Crippen LogP contribution in [0.3, 0.4) is 0 Å². The Balaban J connectivity index is 4.38. The molecule has 0 aliphatic rings. The first-order valence-corrected chi connectivity index (χ1v) is 6.13. The van der Waals surface area contributed by atoms with Gasteiger partial charge >= 0.3 is 6.92 Å². The van der Waals surface area contributed by atoms with Crippen LogP contribution in [-0.2, 0) is 4.65 Å². The Labute approximate surface area is 101 Å². The van der Waals surface area contributed by atoms with Crippen molar-refractivity contribution in [2.75, 3.05) is 0 Å². The van der Waals surface area contributed by atoms with Gasteiger partial charge in [-0.25, -0.2) is 0 Å². The zero-order valence-electron chi connectivity index (χ0n) is 11.9. The third-order valence-electron chi connectivity index (χ3n) is 3.30. The highest BCUT2D eigenvalue weighted by Crippen LogP contribution is 2.26. The number of hydrogen-bond donors (Lipinski definition) is 2. The number of aliphatic hydroxyl groups is 1. The molecule has 1 atom stereocenters. The molecule has 0 saturated heterocycles. The Hall–Kier alpha value is -0.0551. The average Bonchev–Trinajstić information content (AvgIpc) is 1.99. The first-order valence-electron chi connectivity index (χ1n) is 6.13. The first kappa shape index (κ1) is 15.9.